The maximum Gasteiger partial charge on any atom is 0.339 e. The summed E-state index contributed by atoms with van der Waals surface area (Å²) in [5, 5.41) is 18.7. The van der Waals surface area contributed by atoms with Gasteiger partial charge in [-0.15, -0.1) is 0 Å². The van der Waals surface area contributed by atoms with Crippen molar-refractivity contribution in [1.29, 1.82) is 0 Å². The van der Waals surface area contributed by atoms with Crippen molar-refractivity contribution < 1.29 is 23.4 Å². The van der Waals surface area contributed by atoms with Crippen molar-refractivity contribution in [3.63, 3.8) is 0 Å². The largest absolute Gasteiger partial charge is 0.507 e. The monoisotopic (exact) mass is 313 g/mol. The first kappa shape index (κ1) is 15.8. The first-order valence-corrected chi connectivity index (χ1v) is 8.11. The summed E-state index contributed by atoms with van der Waals surface area (Å²) in [5.41, 5.74) is -0.566. The van der Waals surface area contributed by atoms with E-state index in [0.29, 0.717) is 12.1 Å². The highest BCUT2D eigenvalue weighted by Crippen LogP contribution is 2.36. The highest BCUT2D eigenvalue weighted by molar-refractivity contribution is 7.89. The van der Waals surface area contributed by atoms with Crippen LogP contribution in [-0.4, -0.2) is 41.0 Å². The van der Waals surface area contributed by atoms with E-state index in [1.165, 1.54) is 10.4 Å². The Morgan fingerprint density at radius 2 is 1.95 bits per heavy atom. The molecule has 1 saturated heterocycles. The van der Waals surface area contributed by atoms with Crippen molar-refractivity contribution in [2.75, 3.05) is 6.54 Å². The summed E-state index contributed by atoms with van der Waals surface area (Å²) >= 11 is 0. The molecule has 1 heterocycles. The summed E-state index contributed by atoms with van der Waals surface area (Å²) in [6.45, 7) is 5.66. The number of carboxylic acids is 1. The molecule has 0 atom stereocenters. The van der Waals surface area contributed by atoms with Crippen LogP contribution in [0.25, 0.3) is 0 Å². The number of aromatic hydroxyl groups is 1. The minimum absolute atomic E-state index is 0.0623. The lowest BCUT2D eigenvalue weighted by molar-refractivity contribution is 0.0693. The molecule has 0 aromatic heterocycles. The van der Waals surface area contributed by atoms with E-state index in [0.717, 1.165) is 18.9 Å². The van der Waals surface area contributed by atoms with Crippen molar-refractivity contribution in [2.24, 2.45) is 0 Å². The Balaban J connectivity index is 2.60. The van der Waals surface area contributed by atoms with E-state index in [1.807, 2.05) is 13.8 Å². The normalized spacial score (nSPS) is 18.8. The lowest BCUT2D eigenvalue weighted by Crippen LogP contribution is -2.42. The molecule has 0 spiro atoms. The van der Waals surface area contributed by atoms with Crippen LogP contribution in [0, 0.1) is 6.92 Å². The van der Waals surface area contributed by atoms with E-state index < -0.39 is 32.8 Å². The second kappa shape index (κ2) is 4.99. The van der Waals surface area contributed by atoms with Crippen molar-refractivity contribution in [2.45, 2.75) is 44.0 Å². The molecule has 6 nitrogen and oxygen atoms in total. The number of hydrogen-bond acceptors (Lipinski definition) is 4. The van der Waals surface area contributed by atoms with Gasteiger partial charge in [0.15, 0.2) is 0 Å². The van der Waals surface area contributed by atoms with Crippen LogP contribution in [-0.2, 0) is 10.0 Å². The van der Waals surface area contributed by atoms with Crippen molar-refractivity contribution in [1.82, 2.24) is 4.31 Å². The number of sulfonamides is 1. The van der Waals surface area contributed by atoms with E-state index in [1.54, 1.807) is 6.92 Å². The molecule has 1 aromatic rings. The Kier molecular flexibility index (Phi) is 3.75. The summed E-state index contributed by atoms with van der Waals surface area (Å²) in [6.07, 6.45) is 1.53. The topological polar surface area (TPSA) is 94.9 Å². The van der Waals surface area contributed by atoms with Crippen molar-refractivity contribution >= 4 is 16.0 Å². The molecule has 0 saturated carbocycles. The molecule has 0 amide bonds. The minimum atomic E-state index is -3.79. The number of benzene rings is 1. The van der Waals surface area contributed by atoms with Crippen LogP contribution < -0.4 is 0 Å². The zero-order valence-electron chi connectivity index (χ0n) is 12.3. The number of aromatic carboxylic acids is 1. The van der Waals surface area contributed by atoms with Crippen LogP contribution in [0.15, 0.2) is 17.0 Å². The molecule has 21 heavy (non-hydrogen) atoms. The molecule has 7 heteroatoms. The highest BCUT2D eigenvalue weighted by atomic mass is 32.2. The van der Waals surface area contributed by atoms with Gasteiger partial charge >= 0.3 is 5.97 Å². The maximum atomic E-state index is 12.8. The fourth-order valence-corrected chi connectivity index (χ4v) is 4.85. The standard InChI is InChI=1S/C14H19NO5S/c1-9-7-11(16)10(13(17)18)8-12(9)21(19,20)15-6-4-5-14(15,2)3/h7-8,16H,4-6H2,1-3H3,(H,17,18). The zero-order valence-corrected chi connectivity index (χ0v) is 13.1. The van der Waals surface area contributed by atoms with E-state index in [2.05, 4.69) is 0 Å². The number of carboxylic acid groups (broad SMARTS) is 1. The molecule has 2 rings (SSSR count). The van der Waals surface area contributed by atoms with Gasteiger partial charge in [0.25, 0.3) is 0 Å². The van der Waals surface area contributed by atoms with Gasteiger partial charge < -0.3 is 10.2 Å². The number of nitrogens with zero attached hydrogens (tertiary/aromatic N) is 1. The molecule has 116 valence electrons. The molecule has 1 aliphatic heterocycles. The van der Waals surface area contributed by atoms with Crippen molar-refractivity contribution in [3.05, 3.63) is 23.3 Å². The molecule has 2 N–H and O–H groups in total. The molecule has 1 aliphatic rings. The lowest BCUT2D eigenvalue weighted by Gasteiger charge is -2.31. The van der Waals surface area contributed by atoms with E-state index in [9.17, 15) is 18.3 Å². The first-order chi connectivity index (χ1) is 9.57. The number of carbonyl (C=O) groups is 1. The van der Waals surface area contributed by atoms with E-state index in [-0.39, 0.29) is 4.90 Å². The fraction of sp³-hybridized carbons (Fsp3) is 0.500. The Morgan fingerprint density at radius 3 is 2.43 bits per heavy atom. The predicted molar refractivity (Wildman–Crippen MR) is 77.0 cm³/mol. The summed E-state index contributed by atoms with van der Waals surface area (Å²) in [6, 6.07) is 2.22. The van der Waals surface area contributed by atoms with Gasteiger partial charge in [0.05, 0.1) is 4.90 Å². The molecular weight excluding hydrogens is 294 g/mol. The van der Waals surface area contributed by atoms with Gasteiger partial charge in [0.2, 0.25) is 10.0 Å². The predicted octanol–water partition coefficient (Wildman–Crippen LogP) is 1.96. The van der Waals surface area contributed by atoms with Crippen LogP contribution in [0.3, 0.4) is 0 Å². The number of phenols is 1. The number of aryl methyl sites for hydroxylation is 1. The fourth-order valence-electron chi connectivity index (χ4n) is 2.77. The molecule has 1 fully saturated rings. The Labute approximate surface area is 124 Å². The number of rotatable bonds is 3. The van der Waals surface area contributed by atoms with Gasteiger partial charge in [-0.05, 0) is 51.3 Å². The smallest absolute Gasteiger partial charge is 0.339 e. The lowest BCUT2D eigenvalue weighted by atomic mass is 10.0. The molecule has 0 radical (unpaired) electrons. The van der Waals surface area contributed by atoms with Crippen LogP contribution in [0.2, 0.25) is 0 Å². The van der Waals surface area contributed by atoms with Crippen LogP contribution in [0.4, 0.5) is 0 Å². The van der Waals surface area contributed by atoms with Crippen LogP contribution in [0.1, 0.15) is 42.6 Å². The summed E-state index contributed by atoms with van der Waals surface area (Å²) < 4.78 is 27.0. The van der Waals surface area contributed by atoms with Gasteiger partial charge in [0, 0.05) is 12.1 Å². The van der Waals surface area contributed by atoms with Crippen LogP contribution >= 0.6 is 0 Å². The SMILES string of the molecule is Cc1cc(O)c(C(=O)O)cc1S(=O)(=O)N1CCCC1(C)C. The average Bonchev–Trinajstić information content (AvgIpc) is 2.68. The molecule has 0 aliphatic carbocycles. The third-order valence-corrected chi connectivity index (χ3v) is 6.17. The Bertz CT molecular complexity index is 694. The molecule has 1 aromatic carbocycles. The quantitative estimate of drug-likeness (QED) is 0.889. The Morgan fingerprint density at radius 1 is 1.33 bits per heavy atom. The third-order valence-electron chi connectivity index (χ3n) is 3.92. The second-order valence-corrected chi connectivity index (χ2v) is 7.76. The first-order valence-electron chi connectivity index (χ1n) is 6.67. The summed E-state index contributed by atoms with van der Waals surface area (Å²) in [4.78, 5) is 11.0. The zero-order chi connectivity index (χ0) is 16.0. The summed E-state index contributed by atoms with van der Waals surface area (Å²) in [7, 11) is -3.79. The molecule has 0 bridgehead atoms. The Hall–Kier alpha value is -1.60. The second-order valence-electron chi connectivity index (χ2n) is 5.93. The summed E-state index contributed by atoms with van der Waals surface area (Å²) in [5.74, 6) is -1.79. The van der Waals surface area contributed by atoms with Gasteiger partial charge in [-0.3, -0.25) is 0 Å². The highest BCUT2D eigenvalue weighted by Gasteiger charge is 2.41. The van der Waals surface area contributed by atoms with Gasteiger partial charge in [-0.2, -0.15) is 4.31 Å². The van der Waals surface area contributed by atoms with Gasteiger partial charge in [0.1, 0.15) is 11.3 Å². The van der Waals surface area contributed by atoms with Gasteiger partial charge in [-0.25, -0.2) is 13.2 Å². The molecule has 0 unspecified atom stereocenters. The third kappa shape index (κ3) is 2.63. The van der Waals surface area contributed by atoms with E-state index in [4.69, 9.17) is 5.11 Å². The minimum Gasteiger partial charge on any atom is -0.507 e. The van der Waals surface area contributed by atoms with Crippen LogP contribution in [0.5, 0.6) is 5.75 Å². The molecular formula is C14H19NO5S. The maximum absolute atomic E-state index is 12.8. The van der Waals surface area contributed by atoms with Crippen molar-refractivity contribution in [3.8, 4) is 5.75 Å². The number of hydrogen-bond donors (Lipinski definition) is 2. The average molecular weight is 313 g/mol. The van der Waals surface area contributed by atoms with E-state index >= 15 is 0 Å². The van der Waals surface area contributed by atoms with Gasteiger partial charge in [-0.1, -0.05) is 0 Å².